The van der Waals surface area contributed by atoms with Crippen LogP contribution in [0.25, 0.3) is 11.1 Å². The predicted octanol–water partition coefficient (Wildman–Crippen LogP) is 6.99. The first-order valence-corrected chi connectivity index (χ1v) is 12.4. The van der Waals surface area contributed by atoms with E-state index >= 15 is 0 Å². The number of rotatable bonds is 6. The monoisotopic (exact) mass is 356 g/mol. The quantitative estimate of drug-likeness (QED) is 0.489. The molecule has 0 aromatic heterocycles. The van der Waals surface area contributed by atoms with Crippen molar-refractivity contribution in [3.63, 3.8) is 0 Å². The van der Waals surface area contributed by atoms with E-state index in [-0.39, 0.29) is 8.80 Å². The molecule has 1 fully saturated rings. The third kappa shape index (κ3) is 4.97. The summed E-state index contributed by atoms with van der Waals surface area (Å²) in [5, 5.41) is 0.798. The highest BCUT2D eigenvalue weighted by Gasteiger charge is 2.21. The molecule has 24 heavy (non-hydrogen) atoms. The average molecular weight is 357 g/mol. The summed E-state index contributed by atoms with van der Waals surface area (Å²) in [7, 11) is -0.318. The van der Waals surface area contributed by atoms with Crippen molar-refractivity contribution in [3.8, 4) is 11.1 Å². The number of hydrogen-bond acceptors (Lipinski definition) is 0. The molecule has 1 aliphatic rings. The molecule has 0 radical (unpaired) electrons. The number of aryl methyl sites for hydroxylation is 1. The van der Waals surface area contributed by atoms with Crippen LogP contribution in [0.2, 0.25) is 23.2 Å². The summed E-state index contributed by atoms with van der Waals surface area (Å²) in [6.45, 7) is 2.35. The molecule has 3 rings (SSSR count). The van der Waals surface area contributed by atoms with Gasteiger partial charge in [0.05, 0.1) is 0 Å². The molecule has 1 saturated heterocycles. The lowest BCUT2D eigenvalue weighted by Crippen LogP contribution is -2.21. The van der Waals surface area contributed by atoms with E-state index in [0.717, 1.165) is 10.9 Å². The number of benzene rings is 2. The van der Waals surface area contributed by atoms with Gasteiger partial charge in [-0.1, -0.05) is 92.3 Å². The van der Waals surface area contributed by atoms with Gasteiger partial charge >= 0.3 is 0 Å². The summed E-state index contributed by atoms with van der Waals surface area (Å²) >= 11 is 5.97. The molecule has 1 heterocycles. The highest BCUT2D eigenvalue weighted by molar-refractivity contribution is 6.58. The molecule has 0 atom stereocenters. The van der Waals surface area contributed by atoms with Crippen molar-refractivity contribution in [2.45, 2.75) is 57.2 Å². The Morgan fingerprint density at radius 1 is 0.917 bits per heavy atom. The first-order chi connectivity index (χ1) is 11.7. The number of hydrogen-bond donors (Lipinski definition) is 0. The van der Waals surface area contributed by atoms with Crippen molar-refractivity contribution >= 4 is 20.4 Å². The second-order valence-electron chi connectivity index (χ2n) is 7.42. The zero-order valence-electron chi connectivity index (χ0n) is 14.8. The second-order valence-corrected chi connectivity index (χ2v) is 11.3. The number of halogens is 1. The van der Waals surface area contributed by atoms with E-state index in [1.165, 1.54) is 48.8 Å². The zero-order valence-corrected chi connectivity index (χ0v) is 16.7. The van der Waals surface area contributed by atoms with Crippen molar-refractivity contribution in [2.24, 2.45) is 5.92 Å². The van der Waals surface area contributed by atoms with Crippen LogP contribution in [0.15, 0.2) is 48.5 Å². The molecule has 2 heteroatoms. The Morgan fingerprint density at radius 3 is 2.08 bits per heavy atom. The van der Waals surface area contributed by atoms with Crippen LogP contribution in [0.5, 0.6) is 0 Å². The molecular weight excluding hydrogens is 328 g/mol. The molecule has 0 spiro atoms. The van der Waals surface area contributed by atoms with Gasteiger partial charge in [-0.05, 0) is 47.6 Å². The lowest BCUT2D eigenvalue weighted by atomic mass is 9.93. The van der Waals surface area contributed by atoms with Gasteiger partial charge in [0.1, 0.15) is 0 Å². The smallest absolute Gasteiger partial charge is 0.0406 e. The van der Waals surface area contributed by atoms with Gasteiger partial charge in [0.25, 0.3) is 0 Å². The van der Waals surface area contributed by atoms with E-state index in [1.54, 1.807) is 18.1 Å². The van der Waals surface area contributed by atoms with E-state index < -0.39 is 0 Å². The van der Waals surface area contributed by atoms with Crippen LogP contribution < -0.4 is 0 Å². The van der Waals surface area contributed by atoms with E-state index in [2.05, 4.69) is 43.3 Å². The fourth-order valence-corrected chi connectivity index (χ4v) is 7.79. The van der Waals surface area contributed by atoms with Crippen LogP contribution in [-0.2, 0) is 6.42 Å². The lowest BCUT2D eigenvalue weighted by molar-refractivity contribution is 0.437. The van der Waals surface area contributed by atoms with E-state index in [0.29, 0.717) is 0 Å². The largest absolute Gasteiger partial charge is 0.0843 e. The minimum absolute atomic E-state index is 0.318. The summed E-state index contributed by atoms with van der Waals surface area (Å²) in [6, 6.07) is 22.0. The SMILES string of the molecule is CCC[Si@H]1CC[C@H](CCc2ccc(-c3ccc(Cl)cc3)cc2)CC1. The fourth-order valence-electron chi connectivity index (χ4n) is 4.09. The van der Waals surface area contributed by atoms with Crippen molar-refractivity contribution in [1.29, 1.82) is 0 Å². The summed E-state index contributed by atoms with van der Waals surface area (Å²) in [4.78, 5) is 0. The van der Waals surface area contributed by atoms with E-state index in [9.17, 15) is 0 Å². The molecule has 2 aromatic carbocycles. The molecule has 2 aromatic rings. The molecule has 0 N–H and O–H groups in total. The second kappa shape index (κ2) is 8.87. The van der Waals surface area contributed by atoms with Gasteiger partial charge in [-0.25, -0.2) is 0 Å². The fraction of sp³-hybridized carbons (Fsp3) is 0.455. The normalized spacial score (nSPS) is 20.9. The highest BCUT2D eigenvalue weighted by atomic mass is 35.5. The summed E-state index contributed by atoms with van der Waals surface area (Å²) < 4.78 is 0. The van der Waals surface area contributed by atoms with Crippen molar-refractivity contribution in [1.82, 2.24) is 0 Å². The molecule has 0 nitrogen and oxygen atoms in total. The van der Waals surface area contributed by atoms with Crippen molar-refractivity contribution in [3.05, 3.63) is 59.1 Å². The van der Waals surface area contributed by atoms with Gasteiger partial charge in [-0.3, -0.25) is 0 Å². The first kappa shape index (κ1) is 17.8. The van der Waals surface area contributed by atoms with Gasteiger partial charge in [0, 0.05) is 13.8 Å². The Morgan fingerprint density at radius 2 is 1.50 bits per heavy atom. The third-order valence-electron chi connectivity index (χ3n) is 5.64. The van der Waals surface area contributed by atoms with Gasteiger partial charge < -0.3 is 0 Å². The van der Waals surface area contributed by atoms with Crippen LogP contribution in [0, 0.1) is 5.92 Å². The topological polar surface area (TPSA) is 0 Å². The van der Waals surface area contributed by atoms with Crippen LogP contribution in [0.4, 0.5) is 0 Å². The molecule has 1 aliphatic heterocycles. The minimum Gasteiger partial charge on any atom is -0.0843 e. The van der Waals surface area contributed by atoms with Crippen LogP contribution in [0.1, 0.15) is 38.2 Å². The van der Waals surface area contributed by atoms with Gasteiger partial charge in [0.15, 0.2) is 0 Å². The predicted molar refractivity (Wildman–Crippen MR) is 110 cm³/mol. The Hall–Kier alpha value is -1.05. The summed E-state index contributed by atoms with van der Waals surface area (Å²) in [5.74, 6) is 0.988. The molecule has 0 unspecified atom stereocenters. The maximum Gasteiger partial charge on any atom is 0.0406 e. The van der Waals surface area contributed by atoms with Crippen molar-refractivity contribution in [2.75, 3.05) is 0 Å². The summed E-state index contributed by atoms with van der Waals surface area (Å²) in [5.41, 5.74) is 4.01. The standard InChI is InChI=1S/C22H29ClSi/c1-2-15-24-16-13-19(14-17-24)4-3-18-5-7-20(8-6-18)21-9-11-22(23)12-10-21/h5-12,19,24H,2-4,13-17H2,1H3/t19-,24-. The first-order valence-electron chi connectivity index (χ1n) is 9.59. The molecule has 0 amide bonds. The maximum absolute atomic E-state index is 5.97. The van der Waals surface area contributed by atoms with Crippen LogP contribution >= 0.6 is 11.6 Å². The van der Waals surface area contributed by atoms with Gasteiger partial charge in [-0.15, -0.1) is 0 Å². The molecule has 0 saturated carbocycles. The Bertz CT molecular complexity index is 609. The van der Waals surface area contributed by atoms with E-state index in [4.69, 9.17) is 11.6 Å². The van der Waals surface area contributed by atoms with E-state index in [1.807, 2.05) is 12.1 Å². The van der Waals surface area contributed by atoms with Gasteiger partial charge in [-0.2, -0.15) is 0 Å². The van der Waals surface area contributed by atoms with Crippen molar-refractivity contribution < 1.29 is 0 Å². The van der Waals surface area contributed by atoms with Gasteiger partial charge in [0.2, 0.25) is 0 Å². The third-order valence-corrected chi connectivity index (χ3v) is 9.58. The Kier molecular flexibility index (Phi) is 6.56. The Labute approximate surface area is 153 Å². The zero-order chi connectivity index (χ0) is 16.8. The molecule has 0 bridgehead atoms. The molecule has 128 valence electrons. The Balaban J connectivity index is 1.49. The average Bonchev–Trinajstić information content (AvgIpc) is 2.63. The molecule has 0 aliphatic carbocycles. The molecular formula is C22H29ClSi. The van der Waals surface area contributed by atoms with Crippen LogP contribution in [-0.4, -0.2) is 8.80 Å². The maximum atomic E-state index is 5.97. The lowest BCUT2D eigenvalue weighted by Gasteiger charge is -2.27. The minimum atomic E-state index is -0.318. The highest BCUT2D eigenvalue weighted by Crippen LogP contribution is 2.31. The van der Waals surface area contributed by atoms with Crippen LogP contribution in [0.3, 0.4) is 0 Å². The summed E-state index contributed by atoms with van der Waals surface area (Å²) in [6.07, 6.45) is 7.07.